The molecule has 3 rings (SSSR count). The van der Waals surface area contributed by atoms with E-state index in [9.17, 15) is 8.42 Å². The van der Waals surface area contributed by atoms with Crippen LogP contribution in [0.1, 0.15) is 30.2 Å². The van der Waals surface area contributed by atoms with Crippen molar-refractivity contribution in [2.75, 3.05) is 12.4 Å². The summed E-state index contributed by atoms with van der Waals surface area (Å²) in [6.07, 6.45) is 4.75. The van der Waals surface area contributed by atoms with E-state index in [0.717, 1.165) is 30.7 Å². The van der Waals surface area contributed by atoms with Crippen molar-refractivity contribution in [1.29, 1.82) is 0 Å². The molecule has 1 aromatic heterocycles. The average molecular weight is 306 g/mol. The van der Waals surface area contributed by atoms with Gasteiger partial charge in [0.25, 0.3) is 0 Å². The molecule has 1 aliphatic carbocycles. The molecule has 1 aromatic carbocycles. The van der Waals surface area contributed by atoms with E-state index >= 15 is 0 Å². The first-order chi connectivity index (χ1) is 10.1. The molecular weight excluding hydrogens is 288 g/mol. The molecule has 112 valence electrons. The van der Waals surface area contributed by atoms with Crippen LogP contribution in [0.3, 0.4) is 0 Å². The van der Waals surface area contributed by atoms with Crippen LogP contribution in [0.2, 0.25) is 0 Å². The first kappa shape index (κ1) is 14.2. The number of benzene rings is 1. The van der Waals surface area contributed by atoms with Gasteiger partial charge in [0.2, 0.25) is 10.0 Å². The van der Waals surface area contributed by atoms with Gasteiger partial charge in [0.15, 0.2) is 0 Å². The Hall–Kier alpha value is -1.79. The fourth-order valence-electron chi connectivity index (χ4n) is 2.71. The fourth-order valence-corrected chi connectivity index (χ4v) is 3.48. The summed E-state index contributed by atoms with van der Waals surface area (Å²) in [5, 5.41) is 3.41. The minimum atomic E-state index is -3.42. The van der Waals surface area contributed by atoms with Crippen LogP contribution < -0.4 is 10.0 Å². The molecule has 21 heavy (non-hydrogen) atoms. The summed E-state index contributed by atoms with van der Waals surface area (Å²) < 4.78 is 31.5. The number of fused-ring (bicyclic) bond motifs is 1. The molecular formula is C15H18N2O3S. The number of rotatable bonds is 4. The van der Waals surface area contributed by atoms with Crippen LogP contribution in [0.15, 0.2) is 45.9 Å². The van der Waals surface area contributed by atoms with E-state index in [4.69, 9.17) is 4.42 Å². The van der Waals surface area contributed by atoms with E-state index in [1.165, 1.54) is 12.6 Å². The molecule has 0 fully saturated rings. The van der Waals surface area contributed by atoms with Gasteiger partial charge in [0.1, 0.15) is 5.76 Å². The maximum Gasteiger partial charge on any atom is 0.240 e. The van der Waals surface area contributed by atoms with Gasteiger partial charge in [0.05, 0.1) is 17.2 Å². The molecule has 2 N–H and O–H groups in total. The zero-order chi connectivity index (χ0) is 14.9. The van der Waals surface area contributed by atoms with Crippen LogP contribution in [0.25, 0.3) is 0 Å². The number of nitrogens with one attached hydrogen (secondary N) is 2. The van der Waals surface area contributed by atoms with Crippen LogP contribution in [0.5, 0.6) is 0 Å². The molecule has 0 amide bonds. The SMILES string of the molecule is CNS(=O)(=O)c1cccc(NC2CCCc3occc32)c1. The molecule has 0 saturated heterocycles. The Bertz CT molecular complexity index is 737. The Balaban J connectivity index is 1.86. The van der Waals surface area contributed by atoms with Crippen molar-refractivity contribution in [1.82, 2.24) is 4.72 Å². The fraction of sp³-hybridized carbons (Fsp3) is 0.333. The summed E-state index contributed by atoms with van der Waals surface area (Å²) in [6.45, 7) is 0. The van der Waals surface area contributed by atoms with E-state index in [2.05, 4.69) is 10.0 Å². The summed E-state index contributed by atoms with van der Waals surface area (Å²) in [4.78, 5) is 0.262. The molecule has 0 saturated carbocycles. The standard InChI is InChI=1S/C15H18N2O3S/c1-16-21(18,19)12-5-2-4-11(10-12)17-14-6-3-7-15-13(14)8-9-20-15/h2,4-5,8-10,14,16-17H,3,6-7H2,1H3. The van der Waals surface area contributed by atoms with Crippen LogP contribution in [0, 0.1) is 0 Å². The number of furan rings is 1. The maximum absolute atomic E-state index is 11.8. The number of hydrogen-bond donors (Lipinski definition) is 2. The lowest BCUT2D eigenvalue weighted by Crippen LogP contribution is -2.19. The topological polar surface area (TPSA) is 71.3 Å². The number of sulfonamides is 1. The molecule has 1 aliphatic rings. The monoisotopic (exact) mass is 306 g/mol. The highest BCUT2D eigenvalue weighted by Gasteiger charge is 2.22. The zero-order valence-corrected chi connectivity index (χ0v) is 12.6. The molecule has 1 unspecified atom stereocenters. The van der Waals surface area contributed by atoms with E-state index in [-0.39, 0.29) is 10.9 Å². The summed E-state index contributed by atoms with van der Waals surface area (Å²) in [7, 11) is -2.01. The summed E-state index contributed by atoms with van der Waals surface area (Å²) in [6, 6.07) is 9.01. The normalized spacial score (nSPS) is 18.2. The van der Waals surface area contributed by atoms with Crippen LogP contribution >= 0.6 is 0 Å². The molecule has 0 aliphatic heterocycles. The maximum atomic E-state index is 11.8. The Morgan fingerprint density at radius 1 is 1.29 bits per heavy atom. The average Bonchev–Trinajstić information content (AvgIpc) is 2.97. The first-order valence-electron chi connectivity index (χ1n) is 6.96. The van der Waals surface area contributed by atoms with Gasteiger partial charge in [-0.3, -0.25) is 0 Å². The van der Waals surface area contributed by atoms with Crippen LogP contribution in [0.4, 0.5) is 5.69 Å². The van der Waals surface area contributed by atoms with Gasteiger partial charge in [-0.15, -0.1) is 0 Å². The lowest BCUT2D eigenvalue weighted by atomic mass is 9.93. The van der Waals surface area contributed by atoms with Crippen molar-refractivity contribution in [3.63, 3.8) is 0 Å². The quantitative estimate of drug-likeness (QED) is 0.911. The molecule has 5 nitrogen and oxygen atoms in total. The Labute approximate surface area is 124 Å². The summed E-state index contributed by atoms with van der Waals surface area (Å²) in [5.74, 6) is 1.03. The smallest absolute Gasteiger partial charge is 0.240 e. The zero-order valence-electron chi connectivity index (χ0n) is 11.8. The second-order valence-corrected chi connectivity index (χ2v) is 7.01. The van der Waals surface area contributed by atoms with E-state index in [0.29, 0.717) is 0 Å². The molecule has 2 aromatic rings. The van der Waals surface area contributed by atoms with Crippen molar-refractivity contribution in [2.24, 2.45) is 0 Å². The van der Waals surface area contributed by atoms with Gasteiger partial charge in [-0.05, 0) is 44.2 Å². The second kappa shape index (κ2) is 5.54. The van der Waals surface area contributed by atoms with Crippen molar-refractivity contribution in [3.8, 4) is 0 Å². The third-order valence-electron chi connectivity index (χ3n) is 3.81. The van der Waals surface area contributed by atoms with Gasteiger partial charge in [-0.1, -0.05) is 6.07 Å². The minimum Gasteiger partial charge on any atom is -0.469 e. The van der Waals surface area contributed by atoms with Crippen molar-refractivity contribution < 1.29 is 12.8 Å². The van der Waals surface area contributed by atoms with E-state index in [1.54, 1.807) is 24.5 Å². The largest absolute Gasteiger partial charge is 0.469 e. The second-order valence-electron chi connectivity index (χ2n) is 5.12. The van der Waals surface area contributed by atoms with E-state index < -0.39 is 10.0 Å². The Morgan fingerprint density at radius 2 is 2.14 bits per heavy atom. The minimum absolute atomic E-state index is 0.167. The van der Waals surface area contributed by atoms with Crippen LogP contribution in [-0.2, 0) is 16.4 Å². The number of aryl methyl sites for hydroxylation is 1. The molecule has 1 atom stereocenters. The highest BCUT2D eigenvalue weighted by Crippen LogP contribution is 2.33. The lowest BCUT2D eigenvalue weighted by Gasteiger charge is -2.24. The van der Waals surface area contributed by atoms with Crippen molar-refractivity contribution in [2.45, 2.75) is 30.2 Å². The number of hydrogen-bond acceptors (Lipinski definition) is 4. The number of anilines is 1. The molecule has 0 bridgehead atoms. The molecule has 6 heteroatoms. The van der Waals surface area contributed by atoms with Crippen molar-refractivity contribution in [3.05, 3.63) is 47.9 Å². The van der Waals surface area contributed by atoms with Gasteiger partial charge in [-0.25, -0.2) is 13.1 Å². The third kappa shape index (κ3) is 2.82. The lowest BCUT2D eigenvalue weighted by molar-refractivity contribution is 0.461. The van der Waals surface area contributed by atoms with E-state index in [1.807, 2.05) is 12.1 Å². The van der Waals surface area contributed by atoms with Gasteiger partial charge >= 0.3 is 0 Å². The van der Waals surface area contributed by atoms with Crippen LogP contribution in [-0.4, -0.2) is 15.5 Å². The highest BCUT2D eigenvalue weighted by molar-refractivity contribution is 7.89. The first-order valence-corrected chi connectivity index (χ1v) is 8.45. The van der Waals surface area contributed by atoms with Gasteiger partial charge in [-0.2, -0.15) is 0 Å². The Kier molecular flexibility index (Phi) is 3.73. The predicted octanol–water partition coefficient (Wildman–Crippen LogP) is 2.68. The summed E-state index contributed by atoms with van der Waals surface area (Å²) in [5.41, 5.74) is 1.97. The van der Waals surface area contributed by atoms with Gasteiger partial charge in [0, 0.05) is 17.7 Å². The molecule has 1 heterocycles. The molecule has 0 radical (unpaired) electrons. The third-order valence-corrected chi connectivity index (χ3v) is 5.22. The predicted molar refractivity (Wildman–Crippen MR) is 80.7 cm³/mol. The summed E-state index contributed by atoms with van der Waals surface area (Å²) >= 11 is 0. The molecule has 0 spiro atoms. The highest BCUT2D eigenvalue weighted by atomic mass is 32.2. The van der Waals surface area contributed by atoms with Gasteiger partial charge < -0.3 is 9.73 Å². The Morgan fingerprint density at radius 3 is 2.95 bits per heavy atom. The van der Waals surface area contributed by atoms with Crippen molar-refractivity contribution >= 4 is 15.7 Å².